The zero-order chi connectivity index (χ0) is 55.1. The van der Waals surface area contributed by atoms with Crippen LogP contribution in [-0.4, -0.2) is 174 Å². The Morgan fingerprint density at radius 3 is 1.89 bits per heavy atom. The van der Waals surface area contributed by atoms with Crippen LogP contribution in [0.1, 0.15) is 94.6 Å². The average Bonchev–Trinajstić information content (AvgIpc) is 3.34. The van der Waals surface area contributed by atoms with E-state index in [1.807, 2.05) is 0 Å². The molecule has 0 radical (unpaired) electrons. The molecule has 2 rings (SSSR count). The van der Waals surface area contributed by atoms with Crippen LogP contribution in [0.15, 0.2) is 42.6 Å². The van der Waals surface area contributed by atoms with Gasteiger partial charge in [-0.2, -0.15) is 0 Å². The van der Waals surface area contributed by atoms with E-state index >= 15 is 4.79 Å². The molecule has 0 saturated carbocycles. The molecule has 7 amide bonds. The summed E-state index contributed by atoms with van der Waals surface area (Å²) in [5, 5.41) is 21.2. The van der Waals surface area contributed by atoms with Crippen molar-refractivity contribution in [3.63, 3.8) is 0 Å². The van der Waals surface area contributed by atoms with Crippen molar-refractivity contribution in [2.75, 3.05) is 28.3 Å². The maximum absolute atomic E-state index is 15.1. The summed E-state index contributed by atoms with van der Waals surface area (Å²) in [7, 11) is 4.90. The van der Waals surface area contributed by atoms with Gasteiger partial charge < -0.3 is 60.0 Å². The highest BCUT2D eigenvalue weighted by molar-refractivity contribution is 6.01. The summed E-state index contributed by atoms with van der Waals surface area (Å²) in [4.78, 5) is 143. The van der Waals surface area contributed by atoms with Gasteiger partial charge in [0.05, 0.1) is 12.2 Å². The van der Waals surface area contributed by atoms with E-state index in [0.29, 0.717) is 5.56 Å². The minimum atomic E-state index is -1.86. The van der Waals surface area contributed by atoms with Crippen molar-refractivity contribution in [2.45, 2.75) is 162 Å². The second kappa shape index (κ2) is 28.0. The van der Waals surface area contributed by atoms with E-state index in [4.69, 9.17) is 18.9 Å². The van der Waals surface area contributed by atoms with Gasteiger partial charge in [-0.3, -0.25) is 33.6 Å². The normalized spacial score (nSPS) is 24.5. The van der Waals surface area contributed by atoms with Crippen LogP contribution in [0.25, 0.3) is 0 Å². The third-order valence-corrected chi connectivity index (χ3v) is 12.5. The number of aliphatic hydroxyl groups is 1. The quantitative estimate of drug-likeness (QED) is 0.0922. The first-order valence-corrected chi connectivity index (χ1v) is 24.1. The summed E-state index contributed by atoms with van der Waals surface area (Å²) in [5.41, 5.74) is 0.0627. The first-order chi connectivity index (χ1) is 33.6. The van der Waals surface area contributed by atoms with Gasteiger partial charge in [0.1, 0.15) is 36.0 Å². The van der Waals surface area contributed by atoms with Crippen LogP contribution < -0.4 is 21.3 Å². The van der Waals surface area contributed by atoms with Crippen molar-refractivity contribution >= 4 is 59.3 Å². The molecule has 1 aromatic carbocycles. The molecule has 1 aliphatic heterocycles. The second-order valence-corrected chi connectivity index (χ2v) is 18.9. The number of esters is 3. The Hall–Kier alpha value is -6.42. The highest BCUT2D eigenvalue weighted by Gasteiger charge is 2.47. The van der Waals surface area contributed by atoms with Crippen molar-refractivity contribution in [1.82, 2.24) is 36.0 Å². The molecule has 1 heterocycles. The number of carbonyl (C=O) groups excluding carboxylic acids is 10. The molecule has 0 aromatic heterocycles. The fraction of sp³-hybridized carbons (Fsp3) is 0.640. The summed E-state index contributed by atoms with van der Waals surface area (Å²) < 4.78 is 23.5. The highest BCUT2D eigenvalue weighted by atomic mass is 16.6. The fourth-order valence-corrected chi connectivity index (χ4v) is 7.53. The molecule has 72 heavy (non-hydrogen) atoms. The Bertz CT molecular complexity index is 2120. The molecule has 11 atom stereocenters. The first-order valence-electron chi connectivity index (χ1n) is 24.1. The van der Waals surface area contributed by atoms with Gasteiger partial charge in [0, 0.05) is 47.5 Å². The van der Waals surface area contributed by atoms with Crippen molar-refractivity contribution in [3.05, 3.63) is 48.2 Å². The predicted molar refractivity (Wildman–Crippen MR) is 261 cm³/mol. The number of aliphatic hydroxyl groups excluding tert-OH is 1. The van der Waals surface area contributed by atoms with E-state index in [1.54, 1.807) is 71.9 Å². The van der Waals surface area contributed by atoms with Crippen molar-refractivity contribution in [3.8, 4) is 0 Å². The van der Waals surface area contributed by atoms with Crippen molar-refractivity contribution in [2.24, 2.45) is 17.8 Å². The van der Waals surface area contributed by atoms with E-state index in [1.165, 1.54) is 62.9 Å². The van der Waals surface area contributed by atoms with Gasteiger partial charge in [-0.25, -0.2) is 14.4 Å². The lowest BCUT2D eigenvalue weighted by Crippen LogP contribution is -2.64. The Kier molecular flexibility index (Phi) is 24.0. The molecule has 1 saturated heterocycles. The van der Waals surface area contributed by atoms with Gasteiger partial charge in [0.2, 0.25) is 29.5 Å². The number of cyclic esters (lactones) is 2. The van der Waals surface area contributed by atoms with Gasteiger partial charge >= 0.3 is 17.9 Å². The summed E-state index contributed by atoms with van der Waals surface area (Å²) in [6, 6.07) is -1.28. The van der Waals surface area contributed by atoms with E-state index < -0.39 is 149 Å². The van der Waals surface area contributed by atoms with Crippen LogP contribution in [0.2, 0.25) is 0 Å². The minimum absolute atomic E-state index is 0.0589. The SMILES string of the molecule is C=C1C(=O)N[C@@H](C)C(=O)N(C)[C@@H](C)C(=O)N[C@@H]([C@H](OC(=O)[C@@H](NC(=O)CC)[C@H](O)C(C)C)C(C)C)C(=O)N(C)[C@@H]([C@@H](C)OC)C(=O)O[C@H](C(C)C)[C@H](NC(=O)CC)C(=O)O[C@H](Cc2ccccc2)C(=O)N1C. The van der Waals surface area contributed by atoms with Crippen molar-refractivity contribution in [1.29, 1.82) is 0 Å². The molecular formula is C50H77N7O15. The summed E-state index contributed by atoms with van der Waals surface area (Å²) >= 11 is 0. The topological polar surface area (TPSA) is 286 Å². The molecule has 402 valence electrons. The number of amides is 7. The molecule has 1 fully saturated rings. The number of hydrogen-bond donors (Lipinski definition) is 5. The van der Waals surface area contributed by atoms with E-state index in [9.17, 15) is 48.3 Å². The zero-order valence-corrected chi connectivity index (χ0v) is 44.3. The molecule has 0 bridgehead atoms. The zero-order valence-electron chi connectivity index (χ0n) is 44.3. The largest absolute Gasteiger partial charge is 0.458 e. The monoisotopic (exact) mass is 1020 g/mol. The minimum Gasteiger partial charge on any atom is -0.458 e. The number of benzene rings is 1. The second-order valence-electron chi connectivity index (χ2n) is 18.9. The van der Waals surface area contributed by atoms with Crippen LogP contribution >= 0.6 is 0 Å². The fourth-order valence-electron chi connectivity index (χ4n) is 7.53. The molecule has 5 N–H and O–H groups in total. The number of ether oxygens (including phenoxy) is 4. The number of methoxy groups -OCH3 is 1. The van der Waals surface area contributed by atoms with Crippen LogP contribution in [0, 0.1) is 17.8 Å². The Morgan fingerprint density at radius 2 is 1.38 bits per heavy atom. The van der Waals surface area contributed by atoms with Gasteiger partial charge in [-0.05, 0) is 44.1 Å². The average molecular weight is 1020 g/mol. The molecule has 22 nitrogen and oxygen atoms in total. The molecule has 0 aliphatic carbocycles. The molecule has 1 aromatic rings. The molecule has 0 unspecified atom stereocenters. The predicted octanol–water partition coefficient (Wildman–Crippen LogP) is 0.767. The lowest BCUT2D eigenvalue weighted by Gasteiger charge is -2.39. The summed E-state index contributed by atoms with van der Waals surface area (Å²) in [6.45, 7) is 20.4. The maximum atomic E-state index is 15.1. The first kappa shape index (κ1) is 61.7. The lowest BCUT2D eigenvalue weighted by atomic mass is 9.95. The molecule has 22 heteroatoms. The maximum Gasteiger partial charge on any atom is 0.333 e. The number of rotatable bonds is 15. The van der Waals surface area contributed by atoms with Gasteiger partial charge in [-0.1, -0.05) is 92.3 Å². The highest BCUT2D eigenvalue weighted by Crippen LogP contribution is 2.23. The van der Waals surface area contributed by atoms with E-state index in [2.05, 4.69) is 27.8 Å². The van der Waals surface area contributed by atoms with Crippen LogP contribution in [0.3, 0.4) is 0 Å². The number of hydrogen-bond acceptors (Lipinski definition) is 15. The third-order valence-electron chi connectivity index (χ3n) is 12.5. The van der Waals surface area contributed by atoms with Crippen LogP contribution in [-0.2, 0) is 73.3 Å². The summed E-state index contributed by atoms with van der Waals surface area (Å²) in [5.74, 6) is -11.7. The third kappa shape index (κ3) is 16.3. The lowest BCUT2D eigenvalue weighted by molar-refractivity contribution is -0.177. The number of carbonyl (C=O) groups is 10. The summed E-state index contributed by atoms with van der Waals surface area (Å²) in [6.07, 6.45) is -7.89. The van der Waals surface area contributed by atoms with Crippen molar-refractivity contribution < 1.29 is 72.0 Å². The number of nitrogens with zero attached hydrogens (tertiary/aromatic N) is 3. The van der Waals surface area contributed by atoms with Crippen LogP contribution in [0.4, 0.5) is 0 Å². The molecule has 1 aliphatic rings. The molecular weight excluding hydrogens is 939 g/mol. The Labute approximate surface area is 422 Å². The molecule has 0 spiro atoms. The Balaban J connectivity index is 3.00. The number of likely N-dealkylation sites (N-methyl/N-ethyl adjacent to an activating group) is 3. The van der Waals surface area contributed by atoms with Crippen LogP contribution in [0.5, 0.6) is 0 Å². The van der Waals surface area contributed by atoms with E-state index in [0.717, 1.165) is 14.7 Å². The number of nitrogens with one attached hydrogen (secondary N) is 4. The van der Waals surface area contributed by atoms with E-state index in [-0.39, 0.29) is 19.3 Å². The van der Waals surface area contributed by atoms with Gasteiger partial charge in [0.15, 0.2) is 24.2 Å². The smallest absolute Gasteiger partial charge is 0.333 e. The standard InChI is InChI=1S/C50H77N7O15/c1-17-34(58)52-36(40(60)25(3)4)48(66)71-41(26(5)6)37-47(65)57(15)39(31(12)69-16)50(68)72-42(27(7)8)38(53-35(59)18-2)49(67)70-33(24-32-22-20-19-21-23-32)46(64)56(14)29(10)43(61)51-28(9)45(63)55(13)30(11)44(62)54-37/h19-23,25-28,30-31,33,36-42,60H,10,17-18,24H2,1-9,11-16H3,(H,51,61)(H,52,58)(H,53,59)(H,54,62)/t28-,30-,31+,33+,36-,37-,38-,39-,40+,41+,42+/m0/s1. The van der Waals surface area contributed by atoms with Gasteiger partial charge in [-0.15, -0.1) is 0 Å². The Morgan fingerprint density at radius 1 is 0.792 bits per heavy atom. The van der Waals surface area contributed by atoms with Gasteiger partial charge in [0.25, 0.3) is 11.8 Å².